The van der Waals surface area contributed by atoms with Gasteiger partial charge in [-0.1, -0.05) is 0 Å². The third kappa shape index (κ3) is 3.09. The highest BCUT2D eigenvalue weighted by molar-refractivity contribution is 5.76. The lowest BCUT2D eigenvalue weighted by Gasteiger charge is -2.26. The minimum atomic E-state index is -0.895. The molecule has 0 bridgehead atoms. The first-order chi connectivity index (χ1) is 8.66. The number of rotatable bonds is 4. The van der Waals surface area contributed by atoms with E-state index < -0.39 is 12.0 Å². The summed E-state index contributed by atoms with van der Waals surface area (Å²) in [5, 5.41) is 11.7. The average molecular weight is 250 g/mol. The van der Waals surface area contributed by atoms with Gasteiger partial charge in [0.05, 0.1) is 0 Å². The van der Waals surface area contributed by atoms with Gasteiger partial charge < -0.3 is 15.3 Å². The van der Waals surface area contributed by atoms with E-state index in [2.05, 4.69) is 20.2 Å². The van der Waals surface area contributed by atoms with Crippen molar-refractivity contribution < 1.29 is 9.90 Å². The Bertz CT molecular complexity index is 418. The Kier molecular flexibility index (Phi) is 3.96. The second kappa shape index (κ2) is 5.66. The highest BCUT2D eigenvalue weighted by Gasteiger charge is 2.15. The predicted molar refractivity (Wildman–Crippen MR) is 68.8 cm³/mol. The van der Waals surface area contributed by atoms with E-state index in [0.29, 0.717) is 11.8 Å². The molecule has 6 heteroatoms. The standard InChI is InChI=1S/C12H18N4O2/c1-9(11(17)18)14-10-5-6-13-12(15-10)16-7-3-2-4-8-16/h5-6,9H,2-4,7-8H2,1H3,(H,17,18)(H,13,14,15). The van der Waals surface area contributed by atoms with Crippen LogP contribution < -0.4 is 10.2 Å². The van der Waals surface area contributed by atoms with Crippen LogP contribution in [-0.2, 0) is 4.79 Å². The van der Waals surface area contributed by atoms with E-state index in [1.807, 2.05) is 0 Å². The van der Waals surface area contributed by atoms with E-state index in [1.54, 1.807) is 19.2 Å². The molecule has 0 aromatic carbocycles. The van der Waals surface area contributed by atoms with Crippen molar-refractivity contribution in [3.05, 3.63) is 12.3 Å². The molecule has 0 amide bonds. The molecule has 1 unspecified atom stereocenters. The largest absolute Gasteiger partial charge is 0.480 e. The SMILES string of the molecule is CC(Nc1ccnc(N2CCCCC2)n1)C(=O)O. The molecule has 0 aliphatic carbocycles. The zero-order valence-corrected chi connectivity index (χ0v) is 10.5. The third-order valence-corrected chi connectivity index (χ3v) is 3.02. The van der Waals surface area contributed by atoms with E-state index in [4.69, 9.17) is 5.11 Å². The number of hydrogen-bond acceptors (Lipinski definition) is 5. The van der Waals surface area contributed by atoms with Crippen LogP contribution in [0.1, 0.15) is 26.2 Å². The van der Waals surface area contributed by atoms with Crippen LogP contribution in [0.5, 0.6) is 0 Å². The van der Waals surface area contributed by atoms with Crippen molar-refractivity contribution in [3.63, 3.8) is 0 Å². The predicted octanol–water partition coefficient (Wildman–Crippen LogP) is 1.35. The number of hydrogen-bond donors (Lipinski definition) is 2. The number of piperidine rings is 1. The maximum Gasteiger partial charge on any atom is 0.325 e. The Balaban J connectivity index is 2.06. The number of carboxylic acids is 1. The van der Waals surface area contributed by atoms with Crippen molar-refractivity contribution in [2.75, 3.05) is 23.3 Å². The van der Waals surface area contributed by atoms with E-state index in [-0.39, 0.29) is 0 Å². The molecule has 6 nitrogen and oxygen atoms in total. The Hall–Kier alpha value is -1.85. The van der Waals surface area contributed by atoms with Crippen LogP contribution in [0.2, 0.25) is 0 Å². The maximum absolute atomic E-state index is 10.8. The number of aromatic nitrogens is 2. The lowest BCUT2D eigenvalue weighted by molar-refractivity contribution is -0.137. The molecule has 0 saturated carbocycles. The van der Waals surface area contributed by atoms with Crippen LogP contribution in [0.25, 0.3) is 0 Å². The van der Waals surface area contributed by atoms with E-state index in [0.717, 1.165) is 25.9 Å². The van der Waals surface area contributed by atoms with Gasteiger partial charge in [0.25, 0.3) is 0 Å². The van der Waals surface area contributed by atoms with E-state index in [1.165, 1.54) is 6.42 Å². The number of carboxylic acid groups (broad SMARTS) is 1. The molecular formula is C12H18N4O2. The quantitative estimate of drug-likeness (QED) is 0.840. The molecule has 1 aromatic rings. The number of nitrogens with zero attached hydrogens (tertiary/aromatic N) is 3. The summed E-state index contributed by atoms with van der Waals surface area (Å²) in [6.45, 7) is 3.53. The van der Waals surface area contributed by atoms with Crippen LogP contribution in [-0.4, -0.2) is 40.2 Å². The molecule has 1 atom stereocenters. The minimum absolute atomic E-state index is 0.556. The summed E-state index contributed by atoms with van der Waals surface area (Å²) in [6, 6.07) is 1.03. The van der Waals surface area contributed by atoms with Crippen LogP contribution in [0, 0.1) is 0 Å². The molecule has 2 N–H and O–H groups in total. The first kappa shape index (κ1) is 12.6. The topological polar surface area (TPSA) is 78.4 Å². The molecule has 1 fully saturated rings. The van der Waals surface area contributed by atoms with Gasteiger partial charge in [-0.2, -0.15) is 4.98 Å². The molecule has 1 aromatic heterocycles. The average Bonchev–Trinajstić information content (AvgIpc) is 2.40. The Morgan fingerprint density at radius 1 is 1.44 bits per heavy atom. The van der Waals surface area contributed by atoms with Crippen molar-refractivity contribution in [1.29, 1.82) is 0 Å². The summed E-state index contributed by atoms with van der Waals surface area (Å²) in [6.07, 6.45) is 5.23. The monoisotopic (exact) mass is 250 g/mol. The summed E-state index contributed by atoms with van der Waals surface area (Å²) < 4.78 is 0. The lowest BCUT2D eigenvalue weighted by atomic mass is 10.1. The van der Waals surface area contributed by atoms with Crippen molar-refractivity contribution in [1.82, 2.24) is 9.97 Å². The highest BCUT2D eigenvalue weighted by atomic mass is 16.4. The number of carbonyl (C=O) groups is 1. The van der Waals surface area contributed by atoms with E-state index >= 15 is 0 Å². The first-order valence-corrected chi connectivity index (χ1v) is 6.24. The minimum Gasteiger partial charge on any atom is -0.480 e. The normalized spacial score (nSPS) is 17.3. The fraction of sp³-hybridized carbons (Fsp3) is 0.583. The van der Waals surface area contributed by atoms with Crippen LogP contribution in [0.3, 0.4) is 0 Å². The summed E-state index contributed by atoms with van der Waals surface area (Å²) in [5.74, 6) is 0.339. The second-order valence-electron chi connectivity index (χ2n) is 4.49. The molecule has 2 rings (SSSR count). The Labute approximate surface area is 106 Å². The van der Waals surface area contributed by atoms with E-state index in [9.17, 15) is 4.79 Å². The summed E-state index contributed by atoms with van der Waals surface area (Å²) in [4.78, 5) is 21.5. The van der Waals surface area contributed by atoms with Gasteiger partial charge in [0.1, 0.15) is 11.9 Å². The number of aliphatic carboxylic acids is 1. The third-order valence-electron chi connectivity index (χ3n) is 3.02. The molecular weight excluding hydrogens is 232 g/mol. The second-order valence-corrected chi connectivity index (χ2v) is 4.49. The van der Waals surface area contributed by atoms with Crippen molar-refractivity contribution in [2.24, 2.45) is 0 Å². The molecule has 0 spiro atoms. The van der Waals surface area contributed by atoms with Crippen LogP contribution >= 0.6 is 0 Å². The van der Waals surface area contributed by atoms with Crippen LogP contribution in [0.4, 0.5) is 11.8 Å². The number of nitrogens with one attached hydrogen (secondary N) is 1. The lowest BCUT2D eigenvalue weighted by Crippen LogP contribution is -2.31. The molecule has 1 aliphatic rings. The van der Waals surface area contributed by atoms with Gasteiger partial charge >= 0.3 is 5.97 Å². The number of anilines is 2. The molecule has 2 heterocycles. The fourth-order valence-corrected chi connectivity index (χ4v) is 1.96. The van der Waals surface area contributed by atoms with Crippen molar-refractivity contribution >= 4 is 17.7 Å². The smallest absolute Gasteiger partial charge is 0.325 e. The van der Waals surface area contributed by atoms with Gasteiger partial charge in [0, 0.05) is 19.3 Å². The van der Waals surface area contributed by atoms with Crippen LogP contribution in [0.15, 0.2) is 12.3 Å². The molecule has 98 valence electrons. The van der Waals surface area contributed by atoms with Gasteiger partial charge in [-0.15, -0.1) is 0 Å². The Morgan fingerprint density at radius 2 is 2.17 bits per heavy atom. The summed E-state index contributed by atoms with van der Waals surface area (Å²) in [5.41, 5.74) is 0. The van der Waals surface area contributed by atoms with Gasteiger partial charge in [-0.25, -0.2) is 4.98 Å². The summed E-state index contributed by atoms with van der Waals surface area (Å²) in [7, 11) is 0. The fourth-order valence-electron chi connectivity index (χ4n) is 1.96. The maximum atomic E-state index is 10.8. The van der Waals surface area contributed by atoms with Crippen molar-refractivity contribution in [3.8, 4) is 0 Å². The molecule has 0 radical (unpaired) electrons. The zero-order valence-electron chi connectivity index (χ0n) is 10.5. The molecule has 1 saturated heterocycles. The molecule has 18 heavy (non-hydrogen) atoms. The van der Waals surface area contributed by atoms with Gasteiger partial charge in [-0.3, -0.25) is 4.79 Å². The van der Waals surface area contributed by atoms with Gasteiger partial charge in [0.15, 0.2) is 0 Å². The first-order valence-electron chi connectivity index (χ1n) is 6.24. The van der Waals surface area contributed by atoms with Gasteiger partial charge in [-0.05, 0) is 32.3 Å². The summed E-state index contributed by atoms with van der Waals surface area (Å²) >= 11 is 0. The molecule has 1 aliphatic heterocycles. The zero-order chi connectivity index (χ0) is 13.0. The highest BCUT2D eigenvalue weighted by Crippen LogP contribution is 2.17. The Morgan fingerprint density at radius 3 is 2.83 bits per heavy atom. The van der Waals surface area contributed by atoms with Gasteiger partial charge in [0.2, 0.25) is 5.95 Å². The van der Waals surface area contributed by atoms with Crippen molar-refractivity contribution in [2.45, 2.75) is 32.2 Å².